The Hall–Kier alpha value is -1.35. The monoisotopic (exact) mass is 306 g/mol. The van der Waals surface area contributed by atoms with Crippen molar-refractivity contribution >= 4 is 5.97 Å². The first-order valence-corrected chi connectivity index (χ1v) is 7.92. The molecule has 1 N–H and O–H groups in total. The van der Waals surface area contributed by atoms with Crippen LogP contribution >= 0.6 is 0 Å². The van der Waals surface area contributed by atoms with E-state index in [2.05, 4.69) is 53.7 Å². The van der Waals surface area contributed by atoms with Crippen molar-refractivity contribution in [2.24, 2.45) is 5.41 Å². The lowest BCUT2D eigenvalue weighted by Gasteiger charge is -2.27. The fraction of sp³-hybridized carbons (Fsp3) is 0.632. The topological polar surface area (TPSA) is 46.5 Å². The first-order valence-electron chi connectivity index (χ1n) is 7.92. The number of hydrogen-bond donors (Lipinski definition) is 1. The number of ether oxygens (including phenoxy) is 1. The van der Waals surface area contributed by atoms with Crippen LogP contribution in [0, 0.1) is 5.41 Å². The second kappa shape index (κ2) is 7.28. The number of aliphatic hydroxyl groups is 1. The summed E-state index contributed by atoms with van der Waals surface area (Å²) in [7, 11) is 0. The van der Waals surface area contributed by atoms with Gasteiger partial charge in [-0.25, -0.2) is 0 Å². The van der Waals surface area contributed by atoms with Gasteiger partial charge in [0.2, 0.25) is 0 Å². The zero-order valence-corrected chi connectivity index (χ0v) is 14.8. The smallest absolute Gasteiger partial charge is 0.313 e. The summed E-state index contributed by atoms with van der Waals surface area (Å²) >= 11 is 0. The molecular formula is C19H30O3. The van der Waals surface area contributed by atoms with Crippen LogP contribution < -0.4 is 0 Å². The zero-order chi connectivity index (χ0) is 17.0. The van der Waals surface area contributed by atoms with Gasteiger partial charge in [0.1, 0.15) is 6.61 Å². The van der Waals surface area contributed by atoms with Crippen LogP contribution in [0.5, 0.6) is 0 Å². The molecule has 3 heteroatoms. The van der Waals surface area contributed by atoms with Gasteiger partial charge in [-0.3, -0.25) is 4.79 Å². The van der Waals surface area contributed by atoms with Gasteiger partial charge in [0.25, 0.3) is 0 Å². The highest BCUT2D eigenvalue weighted by Crippen LogP contribution is 2.34. The molecule has 0 heterocycles. The third-order valence-electron chi connectivity index (χ3n) is 3.59. The molecule has 1 atom stereocenters. The Morgan fingerprint density at radius 3 is 2.32 bits per heavy atom. The van der Waals surface area contributed by atoms with E-state index >= 15 is 0 Å². The van der Waals surface area contributed by atoms with Crippen LogP contribution in [0.3, 0.4) is 0 Å². The van der Waals surface area contributed by atoms with E-state index in [1.54, 1.807) is 0 Å². The highest BCUT2D eigenvalue weighted by molar-refractivity contribution is 5.78. The molecular weight excluding hydrogens is 276 g/mol. The second-order valence-corrected chi connectivity index (χ2v) is 8.08. The standard InChI is InChI=1S/C19H30O3/c1-18(2,3)13-16(17(21)22-11-10-20)14-8-7-9-15(12-14)19(4,5)6/h7-9,12,16,20H,10-11,13H2,1-6H3. The van der Waals surface area contributed by atoms with Gasteiger partial charge in [0, 0.05) is 0 Å². The van der Waals surface area contributed by atoms with Crippen LogP contribution in [0.1, 0.15) is 65.0 Å². The summed E-state index contributed by atoms with van der Waals surface area (Å²) in [6, 6.07) is 8.20. The van der Waals surface area contributed by atoms with Crippen LogP contribution in [-0.2, 0) is 14.9 Å². The first-order chi connectivity index (χ1) is 10.0. The molecule has 0 saturated carbocycles. The number of esters is 1. The lowest BCUT2D eigenvalue weighted by atomic mass is 9.79. The van der Waals surface area contributed by atoms with Crippen LogP contribution in [0.25, 0.3) is 0 Å². The molecule has 0 saturated heterocycles. The van der Waals surface area contributed by atoms with Crippen LogP contribution in [0.2, 0.25) is 0 Å². The van der Waals surface area contributed by atoms with E-state index in [1.165, 1.54) is 5.56 Å². The Balaban J connectivity index is 3.13. The Labute approximate surface area is 134 Å². The maximum atomic E-state index is 12.4. The zero-order valence-electron chi connectivity index (χ0n) is 14.8. The molecule has 0 aliphatic rings. The maximum Gasteiger partial charge on any atom is 0.313 e. The van der Waals surface area contributed by atoms with Crippen molar-refractivity contribution < 1.29 is 14.6 Å². The second-order valence-electron chi connectivity index (χ2n) is 8.08. The quantitative estimate of drug-likeness (QED) is 0.835. The molecule has 1 rings (SSSR count). The molecule has 0 radical (unpaired) electrons. The number of benzene rings is 1. The summed E-state index contributed by atoms with van der Waals surface area (Å²) in [5, 5.41) is 8.87. The van der Waals surface area contributed by atoms with Crippen LogP contribution in [-0.4, -0.2) is 24.3 Å². The van der Waals surface area contributed by atoms with Gasteiger partial charge in [0.15, 0.2) is 0 Å². The van der Waals surface area contributed by atoms with E-state index in [1.807, 2.05) is 12.1 Å². The lowest BCUT2D eigenvalue weighted by molar-refractivity contribution is -0.147. The van der Waals surface area contributed by atoms with Crippen molar-refractivity contribution in [3.63, 3.8) is 0 Å². The summed E-state index contributed by atoms with van der Waals surface area (Å²) in [4.78, 5) is 12.4. The highest BCUT2D eigenvalue weighted by Gasteiger charge is 2.28. The Morgan fingerprint density at radius 1 is 1.18 bits per heavy atom. The summed E-state index contributed by atoms with van der Waals surface area (Å²) in [5.74, 6) is -0.552. The minimum Gasteiger partial charge on any atom is -0.463 e. The fourth-order valence-electron chi connectivity index (χ4n) is 2.42. The molecule has 124 valence electrons. The lowest BCUT2D eigenvalue weighted by Crippen LogP contribution is -2.23. The predicted octanol–water partition coefficient (Wildman–Crippen LogP) is 4.04. The third-order valence-corrected chi connectivity index (χ3v) is 3.59. The third kappa shape index (κ3) is 5.80. The number of carbonyl (C=O) groups is 1. The van der Waals surface area contributed by atoms with Gasteiger partial charge in [0.05, 0.1) is 12.5 Å². The van der Waals surface area contributed by atoms with Gasteiger partial charge >= 0.3 is 5.97 Å². The molecule has 0 amide bonds. The van der Waals surface area contributed by atoms with Crippen molar-refractivity contribution in [3.05, 3.63) is 35.4 Å². The van der Waals surface area contributed by atoms with Crippen LogP contribution in [0.4, 0.5) is 0 Å². The van der Waals surface area contributed by atoms with E-state index in [0.717, 1.165) is 5.56 Å². The average Bonchev–Trinajstić information content (AvgIpc) is 2.40. The van der Waals surface area contributed by atoms with Gasteiger partial charge in [-0.1, -0.05) is 65.8 Å². The number of hydrogen-bond acceptors (Lipinski definition) is 3. The molecule has 22 heavy (non-hydrogen) atoms. The Morgan fingerprint density at radius 2 is 1.82 bits per heavy atom. The summed E-state index contributed by atoms with van der Waals surface area (Å²) < 4.78 is 5.19. The van der Waals surface area contributed by atoms with Crippen molar-refractivity contribution in [2.75, 3.05) is 13.2 Å². The molecule has 0 spiro atoms. The minimum absolute atomic E-state index is 0.0145. The fourth-order valence-corrected chi connectivity index (χ4v) is 2.42. The molecule has 0 aromatic heterocycles. The van der Waals surface area contributed by atoms with E-state index in [4.69, 9.17) is 9.84 Å². The molecule has 1 unspecified atom stereocenters. The normalized spacial score (nSPS) is 13.8. The van der Waals surface area contributed by atoms with E-state index in [-0.39, 0.29) is 35.9 Å². The molecule has 0 fully saturated rings. The molecule has 1 aromatic carbocycles. The van der Waals surface area contributed by atoms with Gasteiger partial charge in [-0.15, -0.1) is 0 Å². The highest BCUT2D eigenvalue weighted by atomic mass is 16.5. The van der Waals surface area contributed by atoms with Crippen molar-refractivity contribution in [3.8, 4) is 0 Å². The Kier molecular flexibility index (Phi) is 6.18. The van der Waals surface area contributed by atoms with Gasteiger partial charge in [-0.05, 0) is 28.4 Å². The van der Waals surface area contributed by atoms with Gasteiger partial charge < -0.3 is 9.84 Å². The molecule has 1 aromatic rings. The SMILES string of the molecule is CC(C)(C)CC(C(=O)OCCO)c1cccc(C(C)(C)C)c1. The molecule has 0 aliphatic carbocycles. The predicted molar refractivity (Wildman–Crippen MR) is 90.0 cm³/mol. The average molecular weight is 306 g/mol. The molecule has 0 bridgehead atoms. The number of rotatable bonds is 5. The van der Waals surface area contributed by atoms with E-state index in [0.29, 0.717) is 6.42 Å². The largest absolute Gasteiger partial charge is 0.463 e. The first kappa shape index (κ1) is 18.7. The summed E-state index contributed by atoms with van der Waals surface area (Å²) in [6.07, 6.45) is 0.713. The van der Waals surface area contributed by atoms with Crippen molar-refractivity contribution in [2.45, 2.75) is 59.3 Å². The molecule has 3 nitrogen and oxygen atoms in total. The van der Waals surface area contributed by atoms with Crippen LogP contribution in [0.15, 0.2) is 24.3 Å². The number of carbonyl (C=O) groups excluding carboxylic acids is 1. The van der Waals surface area contributed by atoms with Crippen molar-refractivity contribution in [1.82, 2.24) is 0 Å². The summed E-state index contributed by atoms with van der Waals surface area (Å²) in [5.41, 5.74) is 2.25. The maximum absolute atomic E-state index is 12.4. The van der Waals surface area contributed by atoms with Gasteiger partial charge in [-0.2, -0.15) is 0 Å². The number of aliphatic hydroxyl groups excluding tert-OH is 1. The van der Waals surface area contributed by atoms with E-state index < -0.39 is 0 Å². The Bertz CT molecular complexity index is 492. The van der Waals surface area contributed by atoms with E-state index in [9.17, 15) is 4.79 Å². The minimum atomic E-state index is -0.297. The summed E-state index contributed by atoms with van der Waals surface area (Å²) in [6.45, 7) is 12.8. The molecule has 0 aliphatic heterocycles. The van der Waals surface area contributed by atoms with Crippen molar-refractivity contribution in [1.29, 1.82) is 0 Å².